The number of piperidine rings is 2. The molecule has 1 amide bonds. The quantitative estimate of drug-likeness (QED) is 0.431. The lowest BCUT2D eigenvalue weighted by Gasteiger charge is -2.31. The Balaban J connectivity index is 1.23. The maximum Gasteiger partial charge on any atom is 0.255 e. The van der Waals surface area contributed by atoms with Crippen molar-refractivity contribution in [1.82, 2.24) is 29.0 Å². The third kappa shape index (κ3) is 4.17. The van der Waals surface area contributed by atoms with Crippen LogP contribution in [0.2, 0.25) is 0 Å². The number of anilines is 1. The van der Waals surface area contributed by atoms with Crippen LogP contribution in [0, 0.1) is 0 Å². The second kappa shape index (κ2) is 8.81. The summed E-state index contributed by atoms with van der Waals surface area (Å²) in [4.78, 5) is 25.7. The molecular formula is C25H27F2N7O2. The summed E-state index contributed by atoms with van der Waals surface area (Å²) in [6.07, 6.45) is 6.90. The van der Waals surface area contributed by atoms with E-state index in [0.29, 0.717) is 23.3 Å². The van der Waals surface area contributed by atoms with Crippen molar-refractivity contribution in [3.63, 3.8) is 0 Å². The number of nitrogens with zero attached hydrogens (tertiary/aromatic N) is 7. The van der Waals surface area contributed by atoms with E-state index in [2.05, 4.69) is 14.9 Å². The Kier molecular flexibility index (Phi) is 5.59. The highest BCUT2D eigenvalue weighted by molar-refractivity contribution is 5.97. The van der Waals surface area contributed by atoms with Crippen LogP contribution in [0.5, 0.6) is 0 Å². The number of carbonyl (C=O) groups is 1. The van der Waals surface area contributed by atoms with E-state index in [1.165, 1.54) is 11.1 Å². The molecule has 0 unspecified atom stereocenters. The molecule has 6 rings (SSSR count). The third-order valence-corrected chi connectivity index (χ3v) is 7.20. The normalized spacial score (nSPS) is 18.9. The van der Waals surface area contributed by atoms with Gasteiger partial charge in [-0.3, -0.25) is 9.36 Å². The van der Waals surface area contributed by atoms with Gasteiger partial charge in [-0.15, -0.1) is 5.10 Å². The van der Waals surface area contributed by atoms with Crippen LogP contribution in [0.1, 0.15) is 36.0 Å². The van der Waals surface area contributed by atoms with E-state index in [1.807, 2.05) is 35.2 Å². The van der Waals surface area contributed by atoms with Crippen molar-refractivity contribution in [2.45, 2.75) is 37.7 Å². The molecule has 36 heavy (non-hydrogen) atoms. The van der Waals surface area contributed by atoms with Gasteiger partial charge < -0.3 is 14.5 Å². The fourth-order valence-corrected chi connectivity index (χ4v) is 5.00. The Morgan fingerprint density at radius 2 is 1.89 bits per heavy atom. The first kappa shape index (κ1) is 22.8. The number of pyridine rings is 2. The van der Waals surface area contributed by atoms with E-state index >= 15 is 0 Å². The first-order valence-electron chi connectivity index (χ1n) is 12.2. The number of fused-ring (bicyclic) bond motifs is 2. The maximum absolute atomic E-state index is 13.5. The summed E-state index contributed by atoms with van der Waals surface area (Å²) in [5.74, 6) is -2.25. The van der Waals surface area contributed by atoms with Crippen LogP contribution in [0.25, 0.3) is 22.4 Å². The number of aromatic nitrogens is 5. The number of ether oxygens (including phenoxy) is 1. The van der Waals surface area contributed by atoms with Gasteiger partial charge in [0.05, 0.1) is 23.6 Å². The van der Waals surface area contributed by atoms with Crippen LogP contribution in [-0.4, -0.2) is 80.3 Å². The van der Waals surface area contributed by atoms with Gasteiger partial charge in [-0.05, 0) is 37.1 Å². The van der Waals surface area contributed by atoms with Crippen LogP contribution < -0.4 is 4.90 Å². The third-order valence-electron chi connectivity index (χ3n) is 7.20. The van der Waals surface area contributed by atoms with Crippen LogP contribution in [0.3, 0.4) is 0 Å². The number of hydrogen-bond donors (Lipinski definition) is 0. The van der Waals surface area contributed by atoms with Crippen LogP contribution >= 0.6 is 0 Å². The maximum atomic E-state index is 13.5. The summed E-state index contributed by atoms with van der Waals surface area (Å²) in [5.41, 5.74) is 2.71. The highest BCUT2D eigenvalue weighted by atomic mass is 19.3. The molecule has 0 atom stereocenters. The molecule has 0 spiro atoms. The summed E-state index contributed by atoms with van der Waals surface area (Å²) >= 11 is 0. The Morgan fingerprint density at radius 1 is 1.11 bits per heavy atom. The average molecular weight is 496 g/mol. The van der Waals surface area contributed by atoms with E-state index in [1.54, 1.807) is 17.7 Å². The fourth-order valence-electron chi connectivity index (χ4n) is 5.00. The molecule has 4 aromatic heterocycles. The highest BCUT2D eigenvalue weighted by Gasteiger charge is 2.36. The summed E-state index contributed by atoms with van der Waals surface area (Å²) in [6, 6.07) is 7.53. The first-order chi connectivity index (χ1) is 17.4. The standard InChI is InChI=1S/C25H27F2N7O2/c1-36-20-5-9-32(10-6-20)24-29-21-3-2-19(16-34(21)30-24)33-11-4-17-14-18(15-28-22(17)33)23(35)31-12-7-25(26,27)8-13-31/h2-4,11,14-16,20H,5-10,12-13H2,1H3. The fraction of sp³-hybridized carbons (Fsp3) is 0.440. The van der Waals surface area contributed by atoms with E-state index < -0.39 is 5.92 Å². The summed E-state index contributed by atoms with van der Waals surface area (Å²) in [7, 11) is 1.75. The Hall–Kier alpha value is -3.60. The Morgan fingerprint density at radius 3 is 2.64 bits per heavy atom. The number of methoxy groups -OCH3 is 1. The van der Waals surface area contributed by atoms with Crippen molar-refractivity contribution >= 4 is 28.5 Å². The van der Waals surface area contributed by atoms with Crippen LogP contribution in [0.15, 0.2) is 42.9 Å². The SMILES string of the molecule is COC1CCN(c2nc3ccc(-n4ccc5cc(C(=O)N6CCC(F)(F)CC6)cnc54)cn3n2)CC1. The lowest BCUT2D eigenvalue weighted by molar-refractivity contribution is -0.0494. The number of rotatable bonds is 4. The van der Waals surface area contributed by atoms with Gasteiger partial charge in [-0.1, -0.05) is 0 Å². The van der Waals surface area contributed by atoms with E-state index in [-0.39, 0.29) is 31.8 Å². The minimum Gasteiger partial charge on any atom is -0.381 e. The second-order valence-electron chi connectivity index (χ2n) is 9.49. The van der Waals surface area contributed by atoms with Crippen LogP contribution in [-0.2, 0) is 4.74 Å². The molecule has 2 saturated heterocycles. The average Bonchev–Trinajstić information content (AvgIpc) is 3.52. The molecule has 4 aromatic rings. The molecule has 6 heterocycles. The van der Waals surface area contributed by atoms with E-state index in [9.17, 15) is 13.6 Å². The molecular weight excluding hydrogens is 468 g/mol. The van der Waals surface area contributed by atoms with Gasteiger partial charge in [0.15, 0.2) is 5.65 Å². The van der Waals surface area contributed by atoms with Gasteiger partial charge in [0, 0.05) is 63.9 Å². The predicted octanol–water partition coefficient (Wildman–Crippen LogP) is 3.55. The first-order valence-corrected chi connectivity index (χ1v) is 12.2. The largest absolute Gasteiger partial charge is 0.381 e. The van der Waals surface area contributed by atoms with Crippen molar-refractivity contribution < 1.29 is 18.3 Å². The molecule has 0 saturated carbocycles. The molecule has 2 aliphatic heterocycles. The van der Waals surface area contributed by atoms with E-state index in [4.69, 9.17) is 9.84 Å². The zero-order valence-corrected chi connectivity index (χ0v) is 20.0. The second-order valence-corrected chi connectivity index (χ2v) is 9.49. The molecule has 0 aromatic carbocycles. The van der Waals surface area contributed by atoms with Gasteiger partial charge in [0.1, 0.15) is 5.65 Å². The lowest BCUT2D eigenvalue weighted by atomic mass is 10.1. The Bertz CT molecular complexity index is 1410. The van der Waals surface area contributed by atoms with Crippen molar-refractivity contribution in [3.8, 4) is 5.69 Å². The van der Waals surface area contributed by atoms with Crippen molar-refractivity contribution in [3.05, 3.63) is 48.4 Å². The van der Waals surface area contributed by atoms with Gasteiger partial charge in [-0.25, -0.2) is 18.3 Å². The smallest absolute Gasteiger partial charge is 0.255 e. The summed E-state index contributed by atoms with van der Waals surface area (Å²) < 4.78 is 36.1. The van der Waals surface area contributed by atoms with Crippen molar-refractivity contribution in [2.24, 2.45) is 0 Å². The van der Waals surface area contributed by atoms with Crippen molar-refractivity contribution in [2.75, 3.05) is 38.2 Å². The zero-order chi connectivity index (χ0) is 24.9. The molecule has 0 radical (unpaired) electrons. The summed E-state index contributed by atoms with van der Waals surface area (Å²) in [6.45, 7) is 1.81. The molecule has 2 aliphatic rings. The number of halogens is 2. The zero-order valence-electron chi connectivity index (χ0n) is 20.0. The molecule has 2 fully saturated rings. The highest BCUT2D eigenvalue weighted by Crippen LogP contribution is 2.29. The van der Waals surface area contributed by atoms with Gasteiger partial charge in [-0.2, -0.15) is 4.98 Å². The minimum atomic E-state index is -2.69. The van der Waals surface area contributed by atoms with Gasteiger partial charge in [0.2, 0.25) is 5.95 Å². The molecule has 0 bridgehead atoms. The number of amides is 1. The molecule has 0 aliphatic carbocycles. The number of likely N-dealkylation sites (tertiary alicyclic amines) is 1. The monoisotopic (exact) mass is 495 g/mol. The topological polar surface area (TPSA) is 80.8 Å². The van der Waals surface area contributed by atoms with Gasteiger partial charge >= 0.3 is 0 Å². The van der Waals surface area contributed by atoms with E-state index in [0.717, 1.165) is 42.7 Å². The molecule has 0 N–H and O–H groups in total. The Labute approximate surface area is 206 Å². The van der Waals surface area contributed by atoms with Crippen molar-refractivity contribution in [1.29, 1.82) is 0 Å². The predicted molar refractivity (Wildman–Crippen MR) is 130 cm³/mol. The van der Waals surface area contributed by atoms with Gasteiger partial charge in [0.25, 0.3) is 11.8 Å². The number of carbonyl (C=O) groups excluding carboxylic acids is 1. The number of alkyl halides is 2. The molecule has 11 heteroatoms. The lowest BCUT2D eigenvalue weighted by Crippen LogP contribution is -2.42. The number of hydrogen-bond acceptors (Lipinski definition) is 6. The molecule has 9 nitrogen and oxygen atoms in total. The molecule has 188 valence electrons. The van der Waals surface area contributed by atoms with Crippen LogP contribution in [0.4, 0.5) is 14.7 Å². The summed E-state index contributed by atoms with van der Waals surface area (Å²) in [5, 5.41) is 5.49. The minimum absolute atomic E-state index is 0.0508.